The lowest BCUT2D eigenvalue weighted by Crippen LogP contribution is -2.05. The van der Waals surface area contributed by atoms with Gasteiger partial charge in [-0.3, -0.25) is 4.79 Å². The summed E-state index contributed by atoms with van der Waals surface area (Å²) in [5, 5.41) is 0. The predicted molar refractivity (Wildman–Crippen MR) is 170 cm³/mol. The zero-order chi connectivity index (χ0) is 27.6. The van der Waals surface area contributed by atoms with Crippen LogP contribution in [0.3, 0.4) is 0 Å². The third-order valence-electron chi connectivity index (χ3n) is 8.25. The molecule has 2 heteroatoms. The highest BCUT2D eigenvalue weighted by atomic mass is 16.5. The molecule has 38 heavy (non-hydrogen) atoms. The minimum absolute atomic E-state index is 0.00322. The van der Waals surface area contributed by atoms with Crippen LogP contribution >= 0.6 is 0 Å². The Kier molecular flexibility index (Phi) is 34.0. The Bertz CT molecular complexity index is 433. The maximum Gasteiger partial charge on any atom is 0.305 e. The van der Waals surface area contributed by atoms with Gasteiger partial charge in [0.1, 0.15) is 0 Å². The van der Waals surface area contributed by atoms with E-state index in [1.807, 2.05) is 0 Å². The molecule has 0 atom stereocenters. The van der Waals surface area contributed by atoms with Gasteiger partial charge in [0, 0.05) is 6.42 Å². The Labute approximate surface area is 241 Å². The molecule has 0 fully saturated rings. The molecule has 0 saturated heterocycles. The Balaban J connectivity index is 3.06. The number of ether oxygens (including phenoxy) is 1. The minimum atomic E-state index is 0.00322. The minimum Gasteiger partial charge on any atom is -0.466 e. The van der Waals surface area contributed by atoms with Gasteiger partial charge in [0.25, 0.3) is 0 Å². The summed E-state index contributed by atoms with van der Waals surface area (Å²) in [6.45, 7) is 5.03. The van der Waals surface area contributed by atoms with Gasteiger partial charge >= 0.3 is 5.97 Å². The topological polar surface area (TPSA) is 26.3 Å². The van der Waals surface area contributed by atoms with Crippen molar-refractivity contribution in [3.05, 3.63) is 0 Å². The van der Waals surface area contributed by atoms with Crippen LogP contribution in [0.15, 0.2) is 0 Å². The van der Waals surface area contributed by atoms with Gasteiger partial charge in [-0.1, -0.05) is 200 Å². The van der Waals surface area contributed by atoms with Gasteiger partial charge in [-0.2, -0.15) is 0 Å². The lowest BCUT2D eigenvalue weighted by molar-refractivity contribution is -0.143. The van der Waals surface area contributed by atoms with Crippen molar-refractivity contribution >= 4 is 5.97 Å². The molecule has 0 amide bonds. The van der Waals surface area contributed by atoms with E-state index in [2.05, 4.69) is 13.8 Å². The molecule has 0 spiro atoms. The van der Waals surface area contributed by atoms with E-state index in [4.69, 9.17) is 4.74 Å². The van der Waals surface area contributed by atoms with E-state index in [9.17, 15) is 4.79 Å². The molecule has 0 aliphatic heterocycles. The standard InChI is InChI=1S/C36H72O2/c1-3-5-7-8-9-10-11-12-13-14-15-16-17-18-19-20-21-22-23-24-25-26-27-28-29-30-31-32-33-34-36(37)38-35-6-4-2/h3-35H2,1-2H3. The van der Waals surface area contributed by atoms with Gasteiger partial charge in [0.2, 0.25) is 0 Å². The number of esters is 1. The van der Waals surface area contributed by atoms with Crippen molar-refractivity contribution in [3.63, 3.8) is 0 Å². The maximum absolute atomic E-state index is 11.5. The smallest absolute Gasteiger partial charge is 0.305 e. The summed E-state index contributed by atoms with van der Waals surface area (Å²) in [5.74, 6) is 0.00322. The van der Waals surface area contributed by atoms with Crippen LogP contribution in [-0.2, 0) is 9.53 Å². The summed E-state index contributed by atoms with van der Waals surface area (Å²) in [7, 11) is 0. The lowest BCUT2D eigenvalue weighted by Gasteiger charge is -2.05. The molecule has 0 aliphatic rings. The van der Waals surface area contributed by atoms with Crippen LogP contribution in [0.5, 0.6) is 0 Å². The Morgan fingerprint density at radius 3 is 0.842 bits per heavy atom. The highest BCUT2D eigenvalue weighted by Crippen LogP contribution is 2.16. The third-order valence-corrected chi connectivity index (χ3v) is 8.25. The number of carbonyl (C=O) groups excluding carboxylic acids is 1. The number of unbranched alkanes of at least 4 members (excludes halogenated alkanes) is 29. The molecular formula is C36H72O2. The zero-order valence-electron chi connectivity index (χ0n) is 26.7. The second-order valence-electron chi connectivity index (χ2n) is 12.2. The fourth-order valence-corrected chi connectivity index (χ4v) is 5.52. The largest absolute Gasteiger partial charge is 0.466 e. The Hall–Kier alpha value is -0.530. The van der Waals surface area contributed by atoms with Crippen molar-refractivity contribution < 1.29 is 9.53 Å². The second kappa shape index (κ2) is 34.5. The summed E-state index contributed by atoms with van der Waals surface area (Å²) in [6.07, 6.45) is 43.9. The first-order valence-corrected chi connectivity index (χ1v) is 18.0. The summed E-state index contributed by atoms with van der Waals surface area (Å²) in [4.78, 5) is 11.5. The van der Waals surface area contributed by atoms with Crippen LogP contribution in [-0.4, -0.2) is 12.6 Å². The van der Waals surface area contributed by atoms with E-state index in [0.29, 0.717) is 13.0 Å². The monoisotopic (exact) mass is 537 g/mol. The van der Waals surface area contributed by atoms with Crippen LogP contribution < -0.4 is 0 Å². The van der Waals surface area contributed by atoms with E-state index in [-0.39, 0.29) is 5.97 Å². The number of rotatable bonds is 33. The Morgan fingerprint density at radius 1 is 0.342 bits per heavy atom. The maximum atomic E-state index is 11.5. The average molecular weight is 537 g/mol. The van der Waals surface area contributed by atoms with Crippen molar-refractivity contribution in [1.82, 2.24) is 0 Å². The van der Waals surface area contributed by atoms with Crippen molar-refractivity contribution in [2.24, 2.45) is 0 Å². The summed E-state index contributed by atoms with van der Waals surface area (Å²) in [5.41, 5.74) is 0. The zero-order valence-corrected chi connectivity index (χ0v) is 26.7. The normalized spacial score (nSPS) is 11.3. The van der Waals surface area contributed by atoms with Gasteiger partial charge in [-0.05, 0) is 12.8 Å². The van der Waals surface area contributed by atoms with Crippen molar-refractivity contribution in [2.75, 3.05) is 6.61 Å². The molecule has 0 aromatic rings. The number of hydrogen-bond donors (Lipinski definition) is 0. The van der Waals surface area contributed by atoms with Gasteiger partial charge in [0.05, 0.1) is 6.61 Å². The fraction of sp³-hybridized carbons (Fsp3) is 0.972. The summed E-state index contributed by atoms with van der Waals surface area (Å²) >= 11 is 0. The first-order valence-electron chi connectivity index (χ1n) is 18.0. The number of carbonyl (C=O) groups is 1. The molecule has 0 aromatic heterocycles. The van der Waals surface area contributed by atoms with Crippen molar-refractivity contribution in [3.8, 4) is 0 Å². The van der Waals surface area contributed by atoms with Crippen LogP contribution in [0.2, 0.25) is 0 Å². The molecule has 228 valence electrons. The third kappa shape index (κ3) is 33.5. The molecule has 0 radical (unpaired) electrons. The van der Waals surface area contributed by atoms with Gasteiger partial charge < -0.3 is 4.74 Å². The molecule has 0 rings (SSSR count). The second-order valence-corrected chi connectivity index (χ2v) is 12.2. The molecule has 0 aliphatic carbocycles. The molecule has 0 saturated carbocycles. The molecular weight excluding hydrogens is 464 g/mol. The van der Waals surface area contributed by atoms with Gasteiger partial charge in [-0.25, -0.2) is 0 Å². The van der Waals surface area contributed by atoms with Crippen LogP contribution in [0.1, 0.15) is 219 Å². The van der Waals surface area contributed by atoms with Crippen molar-refractivity contribution in [1.29, 1.82) is 0 Å². The highest BCUT2D eigenvalue weighted by molar-refractivity contribution is 5.69. The van der Waals surface area contributed by atoms with Crippen LogP contribution in [0.4, 0.5) is 0 Å². The lowest BCUT2D eigenvalue weighted by atomic mass is 10.0. The first-order chi connectivity index (χ1) is 18.8. The quantitative estimate of drug-likeness (QED) is 0.0615. The van der Waals surface area contributed by atoms with Gasteiger partial charge in [-0.15, -0.1) is 0 Å². The van der Waals surface area contributed by atoms with Gasteiger partial charge in [0.15, 0.2) is 0 Å². The fourth-order valence-electron chi connectivity index (χ4n) is 5.52. The molecule has 0 bridgehead atoms. The molecule has 2 nitrogen and oxygen atoms in total. The van der Waals surface area contributed by atoms with E-state index in [0.717, 1.165) is 19.3 Å². The predicted octanol–water partition coefficient (Wildman–Crippen LogP) is 13.1. The number of hydrogen-bond acceptors (Lipinski definition) is 2. The molecule has 0 aromatic carbocycles. The molecule has 0 heterocycles. The van der Waals surface area contributed by atoms with E-state index < -0.39 is 0 Å². The Morgan fingerprint density at radius 2 is 0.579 bits per heavy atom. The van der Waals surface area contributed by atoms with Crippen molar-refractivity contribution in [2.45, 2.75) is 219 Å². The highest BCUT2D eigenvalue weighted by Gasteiger charge is 2.02. The van der Waals surface area contributed by atoms with Crippen LogP contribution in [0.25, 0.3) is 0 Å². The van der Waals surface area contributed by atoms with E-state index in [1.54, 1.807) is 0 Å². The first kappa shape index (κ1) is 37.5. The SMILES string of the molecule is CCCCCCCCCCCCCCCCCCCCCCCCCCCCCCCC(=O)OCCCC. The summed E-state index contributed by atoms with van der Waals surface area (Å²) < 4.78 is 5.21. The van der Waals surface area contributed by atoms with E-state index in [1.165, 1.54) is 180 Å². The summed E-state index contributed by atoms with van der Waals surface area (Å²) in [6, 6.07) is 0. The molecule has 0 N–H and O–H groups in total. The van der Waals surface area contributed by atoms with E-state index >= 15 is 0 Å². The van der Waals surface area contributed by atoms with Crippen LogP contribution in [0, 0.1) is 0 Å². The average Bonchev–Trinajstić information content (AvgIpc) is 2.92. The molecule has 0 unspecified atom stereocenters.